The first-order valence-electron chi connectivity index (χ1n) is 28.3. The summed E-state index contributed by atoms with van der Waals surface area (Å²) < 4.78 is 0. The van der Waals surface area contributed by atoms with E-state index in [1.165, 1.54) is 35.4 Å². The van der Waals surface area contributed by atoms with E-state index in [0.29, 0.717) is 11.5 Å². The van der Waals surface area contributed by atoms with Crippen LogP contribution in [0.15, 0.2) is 30.3 Å². The van der Waals surface area contributed by atoms with Crippen molar-refractivity contribution >= 4 is 86.6 Å². The summed E-state index contributed by atoms with van der Waals surface area (Å²) in [5.41, 5.74) is 29.7. The number of nitrogens with one attached hydrogen (secondary N) is 11. The van der Waals surface area contributed by atoms with E-state index >= 15 is 0 Å². The molecule has 1 aliphatic heterocycles. The van der Waals surface area contributed by atoms with Gasteiger partial charge in [-0.2, -0.15) is 0 Å². The maximum absolute atomic E-state index is 14.5. The van der Waals surface area contributed by atoms with Gasteiger partial charge in [0.05, 0.1) is 18.8 Å². The summed E-state index contributed by atoms with van der Waals surface area (Å²) in [5, 5.41) is 49.5. The van der Waals surface area contributed by atoms with Gasteiger partial charge >= 0.3 is 0 Å². The molecule has 0 bridgehead atoms. The van der Waals surface area contributed by atoms with Crippen LogP contribution in [0.4, 0.5) is 0 Å². The first-order chi connectivity index (χ1) is 39.8. The minimum Gasteiger partial charge on any atom is -0.391 e. The van der Waals surface area contributed by atoms with Gasteiger partial charge in [0.2, 0.25) is 65.0 Å². The Balaban J connectivity index is 2.71. The largest absolute Gasteiger partial charge is 0.391 e. The fraction of sp³-hybridized carbons (Fsp3) is 0.679. The fourth-order valence-electron chi connectivity index (χ4n) is 8.33. The smallest absolute Gasteiger partial charge is 0.245 e. The molecule has 1 aliphatic rings. The van der Waals surface area contributed by atoms with E-state index in [4.69, 9.17) is 28.7 Å². The van der Waals surface area contributed by atoms with Crippen molar-refractivity contribution in [3.05, 3.63) is 35.9 Å². The van der Waals surface area contributed by atoms with Crippen LogP contribution < -0.4 is 87.2 Å². The van der Waals surface area contributed by atoms with Gasteiger partial charge in [0.15, 0.2) is 0 Å². The van der Waals surface area contributed by atoms with Gasteiger partial charge < -0.3 is 97.4 Å². The van der Waals surface area contributed by atoms with E-state index in [1.54, 1.807) is 44.2 Å². The van der Waals surface area contributed by atoms with Crippen molar-refractivity contribution < 1.29 is 63.0 Å². The number of carbonyl (C=O) groups is 11. The molecule has 0 aromatic heterocycles. The molecule has 84 heavy (non-hydrogen) atoms. The lowest BCUT2D eigenvalue weighted by Crippen LogP contribution is -2.62. The molecule has 23 N–H and O–H groups in total. The van der Waals surface area contributed by atoms with Crippen molar-refractivity contribution in [1.82, 2.24) is 58.5 Å². The Hall–Kier alpha value is -6.19. The molecule has 1 saturated heterocycles. The molecular formula is C53H92N16O13S2. The first-order valence-corrected chi connectivity index (χ1v) is 30.7. The van der Waals surface area contributed by atoms with Crippen molar-refractivity contribution in [3.8, 4) is 0 Å². The molecule has 0 radical (unpaired) electrons. The van der Waals surface area contributed by atoms with Crippen LogP contribution in [0.5, 0.6) is 0 Å². The highest BCUT2D eigenvalue weighted by Gasteiger charge is 2.37. The predicted octanol–water partition coefficient (Wildman–Crippen LogP) is -5.81. The van der Waals surface area contributed by atoms with Crippen LogP contribution in [-0.4, -0.2) is 199 Å². The van der Waals surface area contributed by atoms with Gasteiger partial charge in [0.25, 0.3) is 0 Å². The van der Waals surface area contributed by atoms with Crippen molar-refractivity contribution in [1.29, 1.82) is 0 Å². The average molecular weight is 1230 g/mol. The number of aliphatic hydroxyl groups is 2. The molecule has 1 aromatic rings. The lowest BCUT2D eigenvalue weighted by atomic mass is 10.00. The molecule has 2 rings (SSSR count). The Morgan fingerprint density at radius 3 is 1.61 bits per heavy atom. The van der Waals surface area contributed by atoms with Gasteiger partial charge in [-0.25, -0.2) is 0 Å². The monoisotopic (exact) mass is 1220 g/mol. The lowest BCUT2D eigenvalue weighted by Gasteiger charge is -2.29. The van der Waals surface area contributed by atoms with E-state index in [1.807, 2.05) is 0 Å². The van der Waals surface area contributed by atoms with E-state index < -0.39 is 157 Å². The molecule has 29 nitrogen and oxygen atoms in total. The van der Waals surface area contributed by atoms with Gasteiger partial charge in [-0.15, -0.1) is 0 Å². The molecule has 1 aromatic carbocycles. The highest BCUT2D eigenvalue weighted by atomic mass is 33.1. The molecule has 31 heteroatoms. The molecule has 0 aliphatic carbocycles. The SMILES string of the molecule is CC(C)CCSSC[C@H](NC(=O)CN)C(=O)N[C@H](C(=O)N[C@@H](CCN)C(=O)N[C@H]1CCNC(=O)[C@H]([C@@H](C)O)NC(=O)[C@H](CCN)NC(=O)[C@H](CCN)NC(=O)[C@H](CC(C)C)NC(=O)[C@@H](Cc2ccccc2)NC(=O)[C@H](CCN)NC1=O)[C@@H](C)O. The standard InChI is InChI=1S/C53H92N16O13S2/c1-28(2)17-23-83-84-27-40(60-41(72)26-58)51(80)69-43(31(6)71)53(82)65-35(14-20-56)45(74)64-37-16-22-59-52(81)42(30(5)70)68-48(77)36(15-21-57)62-44(73)33(12-18-54)63-49(78)38(24-29(3)4)66-50(79)39(25-32-10-8-7-9-11-32)67-46(75)34(13-19-55)61-47(37)76/h7-11,28-31,33-40,42-43,70-71H,12-27,54-58H2,1-6H3,(H,59,81)(H,60,72)(H,61,76)(H,62,73)(H,63,78)(H,64,74)(H,65,82)(H,66,79)(H,67,75)(H,68,77)(H,69,80)/t30-,31-,33+,34+,35+,36+,37+,38+,39-,40+,42+,43+/m1/s1. The maximum Gasteiger partial charge on any atom is 0.245 e. The molecule has 474 valence electrons. The van der Waals surface area contributed by atoms with Gasteiger partial charge in [0, 0.05) is 24.5 Å². The Labute approximate surface area is 498 Å². The van der Waals surface area contributed by atoms with Crippen LogP contribution in [-0.2, 0) is 59.2 Å². The molecular weight excluding hydrogens is 1130 g/mol. The number of benzene rings is 1. The van der Waals surface area contributed by atoms with E-state index in [9.17, 15) is 63.0 Å². The summed E-state index contributed by atoms with van der Waals surface area (Å²) in [5.74, 6) is -8.97. The zero-order valence-electron chi connectivity index (χ0n) is 48.9. The normalized spacial score (nSPS) is 22.7. The molecule has 11 amide bonds. The summed E-state index contributed by atoms with van der Waals surface area (Å²) in [6, 6.07) is -6.27. The highest BCUT2D eigenvalue weighted by Crippen LogP contribution is 2.24. The minimum absolute atomic E-state index is 0.0441. The summed E-state index contributed by atoms with van der Waals surface area (Å²) in [6.45, 7) is 8.49. The number of aliphatic hydroxyl groups excluding tert-OH is 2. The number of hydrogen-bond donors (Lipinski definition) is 18. The van der Waals surface area contributed by atoms with Crippen LogP contribution in [0.2, 0.25) is 0 Å². The van der Waals surface area contributed by atoms with E-state index in [2.05, 4.69) is 72.3 Å². The van der Waals surface area contributed by atoms with Crippen molar-refractivity contribution in [2.75, 3.05) is 50.8 Å². The lowest BCUT2D eigenvalue weighted by molar-refractivity contribution is -0.136. The number of rotatable bonds is 28. The summed E-state index contributed by atoms with van der Waals surface area (Å²) in [4.78, 5) is 153. The Morgan fingerprint density at radius 2 is 1.10 bits per heavy atom. The van der Waals surface area contributed by atoms with Crippen molar-refractivity contribution in [2.45, 2.75) is 166 Å². The predicted molar refractivity (Wildman–Crippen MR) is 318 cm³/mol. The third kappa shape index (κ3) is 26.8. The van der Waals surface area contributed by atoms with Crippen molar-refractivity contribution in [3.63, 3.8) is 0 Å². The minimum atomic E-state index is -1.71. The number of hydrogen-bond acceptors (Lipinski definition) is 20. The molecule has 12 atom stereocenters. The summed E-state index contributed by atoms with van der Waals surface area (Å²) in [6.07, 6.45) is -3.61. The highest BCUT2D eigenvalue weighted by molar-refractivity contribution is 8.76. The molecule has 1 fully saturated rings. The third-order valence-electron chi connectivity index (χ3n) is 13.0. The fourth-order valence-corrected chi connectivity index (χ4v) is 10.8. The Kier molecular flexibility index (Phi) is 34.7. The van der Waals surface area contributed by atoms with Gasteiger partial charge in [-0.3, -0.25) is 52.7 Å². The second kappa shape index (κ2) is 39.4. The number of carbonyl (C=O) groups excluding carboxylic acids is 11. The van der Waals surface area contributed by atoms with Crippen LogP contribution in [0.25, 0.3) is 0 Å². The summed E-state index contributed by atoms with van der Waals surface area (Å²) >= 11 is 0. The zero-order valence-corrected chi connectivity index (χ0v) is 50.5. The van der Waals surface area contributed by atoms with Crippen LogP contribution in [0.3, 0.4) is 0 Å². The molecule has 1 heterocycles. The van der Waals surface area contributed by atoms with Gasteiger partial charge in [0.1, 0.15) is 60.4 Å². The first kappa shape index (κ1) is 73.9. The number of amides is 11. The Bertz CT molecular complexity index is 2310. The van der Waals surface area contributed by atoms with Crippen LogP contribution in [0, 0.1) is 11.8 Å². The second-order valence-corrected chi connectivity index (χ2v) is 23.8. The van der Waals surface area contributed by atoms with Crippen LogP contribution in [0.1, 0.15) is 92.1 Å². The third-order valence-corrected chi connectivity index (χ3v) is 15.5. The summed E-state index contributed by atoms with van der Waals surface area (Å²) in [7, 11) is 2.78. The van der Waals surface area contributed by atoms with Gasteiger partial charge in [-0.05, 0) is 102 Å². The van der Waals surface area contributed by atoms with Crippen molar-refractivity contribution in [2.24, 2.45) is 40.5 Å². The second-order valence-electron chi connectivity index (χ2n) is 21.2. The number of nitrogens with two attached hydrogens (primary N) is 5. The molecule has 0 spiro atoms. The molecule has 0 saturated carbocycles. The van der Waals surface area contributed by atoms with Gasteiger partial charge in [-0.1, -0.05) is 79.6 Å². The topological polar surface area (TPSA) is 491 Å². The van der Waals surface area contributed by atoms with Crippen LogP contribution >= 0.6 is 21.6 Å². The maximum atomic E-state index is 14.5. The average Bonchev–Trinajstić information content (AvgIpc) is 3.59. The quantitative estimate of drug-likeness (QED) is 0.0274. The zero-order chi connectivity index (χ0) is 63.1. The van der Waals surface area contributed by atoms with E-state index in [0.717, 1.165) is 12.2 Å². The Morgan fingerprint density at radius 1 is 0.571 bits per heavy atom. The molecule has 0 unspecified atom stereocenters. The van der Waals surface area contributed by atoms with E-state index in [-0.39, 0.29) is 76.4 Å².